The molecule has 0 fully saturated rings. The van der Waals surface area contributed by atoms with Crippen LogP contribution in [-0.4, -0.2) is 50.1 Å². The van der Waals surface area contributed by atoms with E-state index in [0.29, 0.717) is 19.3 Å². The van der Waals surface area contributed by atoms with Crippen LogP contribution in [0.15, 0.2) is 25.0 Å². The smallest absolute Gasteiger partial charge is 0.163 e. The quantitative estimate of drug-likeness (QED) is 0.478. The summed E-state index contributed by atoms with van der Waals surface area (Å²) in [6.07, 6.45) is 7.69. The number of nitrogens with one attached hydrogen (secondary N) is 3. The molecule has 0 radical (unpaired) electrons. The van der Waals surface area contributed by atoms with Gasteiger partial charge in [-0.3, -0.25) is 9.59 Å². The molecule has 0 aliphatic rings. The highest BCUT2D eigenvalue weighted by atomic mass is 16.1. The topological polar surface area (TPSA) is 130 Å². The first-order valence-electron chi connectivity index (χ1n) is 7.59. The lowest BCUT2D eigenvalue weighted by atomic mass is 10.0. The molecule has 0 saturated carbocycles. The molecular weight excluding hydrogens is 296 g/mol. The lowest BCUT2D eigenvalue weighted by Gasteiger charge is -2.17. The lowest BCUT2D eigenvalue weighted by Crippen LogP contribution is -2.46. The number of ketones is 2. The summed E-state index contributed by atoms with van der Waals surface area (Å²) in [6.45, 7) is 1.86. The van der Waals surface area contributed by atoms with Crippen LogP contribution in [0.5, 0.6) is 0 Å². The molecule has 8 heteroatoms. The predicted octanol–water partition coefficient (Wildman–Crippen LogP) is -0.248. The van der Waals surface area contributed by atoms with Crippen molar-refractivity contribution in [2.75, 3.05) is 6.54 Å². The van der Waals surface area contributed by atoms with Gasteiger partial charge in [0.2, 0.25) is 0 Å². The average molecular weight is 318 g/mol. The van der Waals surface area contributed by atoms with Crippen LogP contribution in [0.2, 0.25) is 0 Å². The number of hydrogen-bond acceptors (Lipinski definition) is 6. The first-order chi connectivity index (χ1) is 11.1. The SMILES string of the molecule is CCC(=O)[C@H](Cc1cnc[nH]1)NCC(=O)[C@@H](N)Cc1cnc[nH]1. The molecule has 2 aromatic heterocycles. The maximum Gasteiger partial charge on any atom is 0.163 e. The number of hydrogen-bond donors (Lipinski definition) is 4. The number of nitrogens with two attached hydrogens (primary N) is 1. The van der Waals surface area contributed by atoms with Gasteiger partial charge < -0.3 is 21.0 Å². The fourth-order valence-corrected chi connectivity index (χ4v) is 2.26. The third kappa shape index (κ3) is 5.11. The number of aromatic nitrogens is 4. The van der Waals surface area contributed by atoms with Crippen molar-refractivity contribution < 1.29 is 9.59 Å². The highest BCUT2D eigenvalue weighted by molar-refractivity contribution is 5.88. The molecule has 23 heavy (non-hydrogen) atoms. The van der Waals surface area contributed by atoms with E-state index in [9.17, 15) is 9.59 Å². The van der Waals surface area contributed by atoms with Gasteiger partial charge in [0.15, 0.2) is 5.78 Å². The Balaban J connectivity index is 1.86. The lowest BCUT2D eigenvalue weighted by molar-refractivity contribution is -0.122. The first kappa shape index (κ1) is 17.0. The Morgan fingerprint density at radius 2 is 1.74 bits per heavy atom. The molecule has 2 rings (SSSR count). The van der Waals surface area contributed by atoms with E-state index in [2.05, 4.69) is 25.3 Å². The molecule has 2 aromatic rings. The number of nitrogens with zero attached hydrogens (tertiary/aromatic N) is 2. The van der Waals surface area contributed by atoms with Crippen LogP contribution in [0, 0.1) is 0 Å². The van der Waals surface area contributed by atoms with Gasteiger partial charge in [0, 0.05) is 43.0 Å². The summed E-state index contributed by atoms with van der Waals surface area (Å²) in [4.78, 5) is 37.9. The summed E-state index contributed by atoms with van der Waals surface area (Å²) in [5.74, 6) is -0.0901. The number of carbonyl (C=O) groups is 2. The second-order valence-electron chi connectivity index (χ2n) is 5.39. The summed E-state index contributed by atoms with van der Waals surface area (Å²) in [5, 5.41) is 3.02. The van der Waals surface area contributed by atoms with Crippen LogP contribution in [0.3, 0.4) is 0 Å². The molecule has 8 nitrogen and oxygen atoms in total. The van der Waals surface area contributed by atoms with Gasteiger partial charge in [0.1, 0.15) is 5.78 Å². The van der Waals surface area contributed by atoms with E-state index in [0.717, 1.165) is 11.4 Å². The summed E-state index contributed by atoms with van der Waals surface area (Å²) < 4.78 is 0. The highest BCUT2D eigenvalue weighted by Gasteiger charge is 2.21. The summed E-state index contributed by atoms with van der Waals surface area (Å²) in [5.41, 5.74) is 7.56. The van der Waals surface area contributed by atoms with E-state index < -0.39 is 12.1 Å². The summed E-state index contributed by atoms with van der Waals surface area (Å²) >= 11 is 0. The van der Waals surface area contributed by atoms with Gasteiger partial charge in [-0.25, -0.2) is 9.97 Å². The van der Waals surface area contributed by atoms with E-state index in [1.165, 1.54) is 0 Å². The molecular formula is C15H22N6O2. The molecule has 124 valence electrons. The fraction of sp³-hybridized carbons (Fsp3) is 0.467. The Morgan fingerprint density at radius 1 is 1.13 bits per heavy atom. The van der Waals surface area contributed by atoms with Crippen molar-refractivity contribution in [1.29, 1.82) is 0 Å². The Labute approximate surface area is 134 Å². The van der Waals surface area contributed by atoms with Crippen LogP contribution < -0.4 is 11.1 Å². The van der Waals surface area contributed by atoms with Crippen LogP contribution in [0.25, 0.3) is 0 Å². The number of rotatable bonds is 10. The molecule has 0 unspecified atom stereocenters. The minimum atomic E-state index is -0.632. The normalized spacial score (nSPS) is 13.7. The van der Waals surface area contributed by atoms with Crippen LogP contribution in [-0.2, 0) is 22.4 Å². The van der Waals surface area contributed by atoms with Crippen molar-refractivity contribution in [3.63, 3.8) is 0 Å². The van der Waals surface area contributed by atoms with Gasteiger partial charge in [0.05, 0.1) is 31.3 Å². The highest BCUT2D eigenvalue weighted by Crippen LogP contribution is 2.03. The Morgan fingerprint density at radius 3 is 2.26 bits per heavy atom. The molecule has 0 spiro atoms. The van der Waals surface area contributed by atoms with Gasteiger partial charge in [-0.1, -0.05) is 6.92 Å². The second kappa shape index (κ2) is 8.35. The van der Waals surface area contributed by atoms with Gasteiger partial charge >= 0.3 is 0 Å². The summed E-state index contributed by atoms with van der Waals surface area (Å²) in [6, 6.07) is -1.06. The van der Waals surface area contributed by atoms with Crippen molar-refractivity contribution in [3.8, 4) is 0 Å². The molecule has 5 N–H and O–H groups in total. The number of H-pyrrole nitrogens is 2. The van der Waals surface area contributed by atoms with Gasteiger partial charge in [-0.2, -0.15) is 0 Å². The zero-order valence-electron chi connectivity index (χ0n) is 13.1. The largest absolute Gasteiger partial charge is 0.348 e. The zero-order chi connectivity index (χ0) is 16.7. The Kier molecular flexibility index (Phi) is 6.19. The molecule has 0 saturated heterocycles. The standard InChI is InChI=1S/C15H22N6O2/c1-2-14(22)13(4-11-6-18-9-21-11)19-7-15(23)12(16)3-10-5-17-8-20-10/h5-6,8-9,12-13,19H,2-4,7,16H2,1H3,(H,17,20)(H,18,21)/t12-,13-/m0/s1. The molecule has 0 aliphatic heterocycles. The molecule has 2 heterocycles. The zero-order valence-corrected chi connectivity index (χ0v) is 13.1. The van der Waals surface area contributed by atoms with Crippen molar-refractivity contribution in [2.24, 2.45) is 5.73 Å². The predicted molar refractivity (Wildman–Crippen MR) is 84.7 cm³/mol. The molecule has 2 atom stereocenters. The van der Waals surface area contributed by atoms with Crippen molar-refractivity contribution >= 4 is 11.6 Å². The number of imidazole rings is 2. The maximum absolute atomic E-state index is 12.1. The summed E-state index contributed by atoms with van der Waals surface area (Å²) in [7, 11) is 0. The van der Waals surface area contributed by atoms with Gasteiger partial charge in [0.25, 0.3) is 0 Å². The van der Waals surface area contributed by atoms with Crippen molar-refractivity contribution in [3.05, 3.63) is 36.4 Å². The Bertz CT molecular complexity index is 608. The van der Waals surface area contributed by atoms with E-state index in [1.54, 1.807) is 32.0 Å². The molecule has 0 aromatic carbocycles. The van der Waals surface area contributed by atoms with Crippen LogP contribution in [0.4, 0.5) is 0 Å². The third-order valence-electron chi connectivity index (χ3n) is 3.65. The van der Waals surface area contributed by atoms with Crippen LogP contribution >= 0.6 is 0 Å². The van der Waals surface area contributed by atoms with E-state index in [4.69, 9.17) is 5.73 Å². The first-order valence-corrected chi connectivity index (χ1v) is 7.59. The van der Waals surface area contributed by atoms with Crippen LogP contribution in [0.1, 0.15) is 24.7 Å². The number of Topliss-reactive ketones (excluding diaryl/α,β-unsaturated/α-hetero) is 2. The minimum Gasteiger partial charge on any atom is -0.348 e. The number of aromatic amines is 2. The van der Waals surface area contributed by atoms with Crippen molar-refractivity contribution in [1.82, 2.24) is 25.3 Å². The van der Waals surface area contributed by atoms with Gasteiger partial charge in [-0.05, 0) is 0 Å². The number of carbonyl (C=O) groups excluding carboxylic acids is 2. The van der Waals surface area contributed by atoms with E-state index in [1.807, 2.05) is 0 Å². The fourth-order valence-electron chi connectivity index (χ4n) is 2.26. The minimum absolute atomic E-state index is 0.0505. The molecule has 0 aliphatic carbocycles. The molecule has 0 bridgehead atoms. The Hall–Kier alpha value is -2.32. The van der Waals surface area contributed by atoms with Crippen molar-refractivity contribution in [2.45, 2.75) is 38.3 Å². The van der Waals surface area contributed by atoms with E-state index >= 15 is 0 Å². The van der Waals surface area contributed by atoms with E-state index in [-0.39, 0.29) is 18.1 Å². The average Bonchev–Trinajstić information content (AvgIpc) is 3.23. The monoisotopic (exact) mass is 318 g/mol. The van der Waals surface area contributed by atoms with Gasteiger partial charge in [-0.15, -0.1) is 0 Å². The molecule has 0 amide bonds. The maximum atomic E-state index is 12.1. The second-order valence-corrected chi connectivity index (χ2v) is 5.39. The third-order valence-corrected chi connectivity index (χ3v) is 3.65.